The van der Waals surface area contributed by atoms with Crippen molar-refractivity contribution < 1.29 is 9.90 Å². The zero-order valence-corrected chi connectivity index (χ0v) is 7.49. The maximum absolute atomic E-state index is 11.3. The molecule has 0 saturated carbocycles. The third-order valence-corrected chi connectivity index (χ3v) is 2.02. The number of β-amino-alcohol motifs (C(OH)–C–C–N with tert-alkyl or cyclic N) is 1. The Bertz CT molecular complexity index is 222. The Morgan fingerprint density at radius 3 is 3.08 bits per heavy atom. The summed E-state index contributed by atoms with van der Waals surface area (Å²) in [6, 6.07) is 0. The fourth-order valence-corrected chi connectivity index (χ4v) is 1.32. The first-order valence-electron chi connectivity index (χ1n) is 4.34. The van der Waals surface area contributed by atoms with Crippen LogP contribution in [-0.4, -0.2) is 48.2 Å². The number of nitrogens with one attached hydrogen (secondary N) is 1. The van der Waals surface area contributed by atoms with Crippen LogP contribution < -0.4 is 5.32 Å². The van der Waals surface area contributed by atoms with Crippen LogP contribution >= 0.6 is 0 Å². The van der Waals surface area contributed by atoms with Gasteiger partial charge in [-0.1, -0.05) is 5.92 Å². The Kier molecular flexibility index (Phi) is 3.74. The van der Waals surface area contributed by atoms with E-state index in [1.165, 1.54) is 0 Å². The Morgan fingerprint density at radius 2 is 2.54 bits per heavy atom. The molecular weight excluding hydrogens is 168 g/mol. The second-order valence-corrected chi connectivity index (χ2v) is 3.09. The maximum Gasteiger partial charge on any atom is 0.236 e. The monoisotopic (exact) mass is 182 g/mol. The van der Waals surface area contributed by atoms with E-state index in [2.05, 4.69) is 11.2 Å². The number of rotatable bonds is 3. The minimum Gasteiger partial charge on any atom is -0.391 e. The highest BCUT2D eigenvalue weighted by Gasteiger charge is 2.23. The van der Waals surface area contributed by atoms with Crippen LogP contribution in [-0.2, 0) is 4.79 Å². The maximum atomic E-state index is 11.3. The van der Waals surface area contributed by atoms with Crippen LogP contribution in [0, 0.1) is 12.3 Å². The molecule has 1 saturated heterocycles. The summed E-state index contributed by atoms with van der Waals surface area (Å²) < 4.78 is 0. The van der Waals surface area contributed by atoms with E-state index < -0.39 is 0 Å². The first-order chi connectivity index (χ1) is 6.24. The molecule has 1 aliphatic heterocycles. The van der Waals surface area contributed by atoms with Gasteiger partial charge in [0, 0.05) is 13.1 Å². The van der Waals surface area contributed by atoms with Crippen LogP contribution in [0.3, 0.4) is 0 Å². The average molecular weight is 182 g/mol. The molecule has 72 valence electrons. The van der Waals surface area contributed by atoms with E-state index in [0.717, 1.165) is 0 Å². The van der Waals surface area contributed by atoms with Crippen LogP contribution in [0.5, 0.6) is 0 Å². The number of nitrogens with zero attached hydrogens (tertiary/aromatic N) is 1. The van der Waals surface area contributed by atoms with Gasteiger partial charge in [-0.3, -0.25) is 10.1 Å². The number of likely N-dealkylation sites (tertiary alicyclic amines) is 1. The van der Waals surface area contributed by atoms with Gasteiger partial charge in [-0.05, 0) is 6.42 Å². The van der Waals surface area contributed by atoms with E-state index >= 15 is 0 Å². The highest BCUT2D eigenvalue weighted by atomic mass is 16.3. The Labute approximate surface area is 77.9 Å². The molecule has 0 aliphatic carbocycles. The van der Waals surface area contributed by atoms with Crippen LogP contribution in [0.2, 0.25) is 0 Å². The number of hydrogen-bond donors (Lipinski definition) is 2. The smallest absolute Gasteiger partial charge is 0.236 e. The van der Waals surface area contributed by atoms with Gasteiger partial charge in [-0.15, -0.1) is 6.42 Å². The van der Waals surface area contributed by atoms with Gasteiger partial charge in [0.05, 0.1) is 19.2 Å². The number of amides is 1. The fraction of sp³-hybridized carbons (Fsp3) is 0.667. The van der Waals surface area contributed by atoms with Crippen molar-refractivity contribution in [3.63, 3.8) is 0 Å². The number of aliphatic hydroxyl groups excluding tert-OH is 1. The number of terminal acetylenes is 1. The molecule has 0 bridgehead atoms. The SMILES string of the molecule is C#CCNCC(=O)N1CC[C@H](O)C1. The average Bonchev–Trinajstić information content (AvgIpc) is 2.52. The quantitative estimate of drug-likeness (QED) is 0.426. The molecule has 0 radical (unpaired) electrons. The van der Waals surface area contributed by atoms with Gasteiger partial charge in [0.1, 0.15) is 0 Å². The molecule has 4 heteroatoms. The lowest BCUT2D eigenvalue weighted by Crippen LogP contribution is -2.37. The van der Waals surface area contributed by atoms with E-state index in [1.807, 2.05) is 0 Å². The third-order valence-electron chi connectivity index (χ3n) is 2.02. The molecule has 0 aromatic heterocycles. The Balaban J connectivity index is 2.21. The van der Waals surface area contributed by atoms with Crippen LogP contribution in [0.1, 0.15) is 6.42 Å². The molecule has 2 N–H and O–H groups in total. The second kappa shape index (κ2) is 4.85. The lowest BCUT2D eigenvalue weighted by molar-refractivity contribution is -0.129. The Hall–Kier alpha value is -1.05. The predicted molar refractivity (Wildman–Crippen MR) is 48.9 cm³/mol. The summed E-state index contributed by atoms with van der Waals surface area (Å²) in [5, 5.41) is 12.0. The first kappa shape index (κ1) is 10.0. The van der Waals surface area contributed by atoms with E-state index in [1.54, 1.807) is 4.90 Å². The molecule has 1 atom stereocenters. The molecule has 0 unspecified atom stereocenters. The summed E-state index contributed by atoms with van der Waals surface area (Å²) in [5.74, 6) is 2.40. The lowest BCUT2D eigenvalue weighted by atomic mass is 10.3. The van der Waals surface area contributed by atoms with Crippen molar-refractivity contribution in [2.45, 2.75) is 12.5 Å². The largest absolute Gasteiger partial charge is 0.391 e. The molecule has 0 spiro atoms. The van der Waals surface area contributed by atoms with Gasteiger partial charge in [-0.25, -0.2) is 0 Å². The van der Waals surface area contributed by atoms with Crippen LogP contribution in [0.15, 0.2) is 0 Å². The molecule has 1 amide bonds. The highest BCUT2D eigenvalue weighted by molar-refractivity contribution is 5.78. The predicted octanol–water partition coefficient (Wildman–Crippen LogP) is -1.20. The van der Waals surface area contributed by atoms with Crippen LogP contribution in [0.25, 0.3) is 0 Å². The highest BCUT2D eigenvalue weighted by Crippen LogP contribution is 2.07. The molecule has 1 heterocycles. The zero-order chi connectivity index (χ0) is 9.68. The summed E-state index contributed by atoms with van der Waals surface area (Å²) in [6.07, 6.45) is 5.34. The molecule has 1 aliphatic rings. The number of carbonyl (C=O) groups excluding carboxylic acids is 1. The number of hydrogen-bond acceptors (Lipinski definition) is 3. The molecule has 1 fully saturated rings. The van der Waals surface area contributed by atoms with Gasteiger partial charge in [0.15, 0.2) is 0 Å². The van der Waals surface area contributed by atoms with Gasteiger partial charge >= 0.3 is 0 Å². The number of aliphatic hydroxyl groups is 1. The van der Waals surface area contributed by atoms with Gasteiger partial charge in [-0.2, -0.15) is 0 Å². The summed E-state index contributed by atoms with van der Waals surface area (Å²) in [7, 11) is 0. The van der Waals surface area contributed by atoms with Crippen molar-refractivity contribution in [1.82, 2.24) is 10.2 Å². The first-order valence-corrected chi connectivity index (χ1v) is 4.34. The fourth-order valence-electron chi connectivity index (χ4n) is 1.32. The lowest BCUT2D eigenvalue weighted by Gasteiger charge is -2.14. The van der Waals surface area contributed by atoms with Crippen molar-refractivity contribution in [3.05, 3.63) is 0 Å². The molecule has 0 aromatic rings. The summed E-state index contributed by atoms with van der Waals surface area (Å²) in [5.41, 5.74) is 0. The van der Waals surface area contributed by atoms with Gasteiger partial charge < -0.3 is 10.0 Å². The van der Waals surface area contributed by atoms with Crippen LogP contribution in [0.4, 0.5) is 0 Å². The zero-order valence-electron chi connectivity index (χ0n) is 7.49. The van der Waals surface area contributed by atoms with E-state index in [0.29, 0.717) is 26.1 Å². The topological polar surface area (TPSA) is 52.6 Å². The van der Waals surface area contributed by atoms with Gasteiger partial charge in [0.25, 0.3) is 0 Å². The van der Waals surface area contributed by atoms with Crippen molar-refractivity contribution in [2.24, 2.45) is 0 Å². The summed E-state index contributed by atoms with van der Waals surface area (Å²) >= 11 is 0. The summed E-state index contributed by atoms with van der Waals surface area (Å²) in [4.78, 5) is 13.0. The van der Waals surface area contributed by atoms with E-state index in [4.69, 9.17) is 6.42 Å². The molecule has 13 heavy (non-hydrogen) atoms. The molecule has 0 aromatic carbocycles. The van der Waals surface area contributed by atoms with Gasteiger partial charge in [0.2, 0.25) is 5.91 Å². The van der Waals surface area contributed by atoms with Crippen molar-refractivity contribution >= 4 is 5.91 Å². The third kappa shape index (κ3) is 3.05. The molecule has 1 rings (SSSR count). The Morgan fingerprint density at radius 1 is 1.77 bits per heavy atom. The van der Waals surface area contributed by atoms with Crippen molar-refractivity contribution in [2.75, 3.05) is 26.2 Å². The minimum atomic E-state index is -0.350. The number of carbonyl (C=O) groups is 1. The normalized spacial score (nSPS) is 21.5. The molecular formula is C9H14N2O2. The van der Waals surface area contributed by atoms with E-state index in [9.17, 15) is 9.90 Å². The van der Waals surface area contributed by atoms with E-state index in [-0.39, 0.29) is 18.6 Å². The van der Waals surface area contributed by atoms with Crippen molar-refractivity contribution in [3.8, 4) is 12.3 Å². The van der Waals surface area contributed by atoms with Crippen molar-refractivity contribution in [1.29, 1.82) is 0 Å². The second-order valence-electron chi connectivity index (χ2n) is 3.09. The molecule has 4 nitrogen and oxygen atoms in total. The standard InChI is InChI=1S/C9H14N2O2/c1-2-4-10-6-9(13)11-5-3-8(12)7-11/h1,8,10,12H,3-7H2/t8-/m0/s1. The minimum absolute atomic E-state index is 0.00630. The summed E-state index contributed by atoms with van der Waals surface area (Å²) in [6.45, 7) is 1.77.